The van der Waals surface area contributed by atoms with Gasteiger partial charge in [-0.3, -0.25) is 4.79 Å². The molecule has 8 heteroatoms. The second-order valence-corrected chi connectivity index (χ2v) is 8.76. The Morgan fingerprint density at radius 3 is 2.31 bits per heavy atom. The molecule has 7 nitrogen and oxygen atoms in total. The molecule has 0 atom stereocenters. The van der Waals surface area contributed by atoms with Crippen molar-refractivity contribution >= 4 is 34.4 Å². The summed E-state index contributed by atoms with van der Waals surface area (Å²) in [7, 11) is 0. The third-order valence-electron chi connectivity index (χ3n) is 5.51. The Morgan fingerprint density at radius 2 is 1.72 bits per heavy atom. The zero-order valence-electron chi connectivity index (χ0n) is 18.6. The molecule has 3 heterocycles. The molecular formula is C24H26N6OS. The number of hydrogen-bond donors (Lipinski definition) is 2. The van der Waals surface area contributed by atoms with Crippen molar-refractivity contribution in [3.8, 4) is 5.82 Å². The topological polar surface area (TPSA) is 84.7 Å². The molecule has 0 unspecified atom stereocenters. The average molecular weight is 447 g/mol. The number of aryl methyl sites for hydroxylation is 3. The highest BCUT2D eigenvalue weighted by atomic mass is 32.1. The van der Waals surface area contributed by atoms with Gasteiger partial charge in [-0.05, 0) is 93.1 Å². The Morgan fingerprint density at radius 1 is 0.969 bits per heavy atom. The summed E-state index contributed by atoms with van der Waals surface area (Å²) in [6.07, 6.45) is 1.24. The minimum atomic E-state index is 0.0133. The molecule has 0 aliphatic rings. The second kappa shape index (κ2) is 9.32. The van der Waals surface area contributed by atoms with Crippen LogP contribution in [0.1, 0.15) is 33.8 Å². The first-order chi connectivity index (χ1) is 15.4. The molecule has 1 aromatic carbocycles. The number of carbonyl (C=O) groups excluding carboxylic acids is 1. The third kappa shape index (κ3) is 4.86. The van der Waals surface area contributed by atoms with E-state index in [0.29, 0.717) is 18.1 Å². The highest BCUT2D eigenvalue weighted by molar-refractivity contribution is 7.10. The lowest BCUT2D eigenvalue weighted by Gasteiger charge is -2.09. The Balaban J connectivity index is 1.33. The first kappa shape index (κ1) is 21.7. The fraction of sp³-hybridized carbons (Fsp3) is 0.250. The van der Waals surface area contributed by atoms with Crippen LogP contribution in [0.4, 0.5) is 17.2 Å². The van der Waals surface area contributed by atoms with Crippen LogP contribution in [0, 0.1) is 27.7 Å². The fourth-order valence-electron chi connectivity index (χ4n) is 3.34. The van der Waals surface area contributed by atoms with Crippen LogP contribution >= 0.6 is 11.3 Å². The molecule has 0 saturated carbocycles. The number of carbonyl (C=O) groups is 1. The maximum atomic E-state index is 12.2. The number of nitrogens with zero attached hydrogens (tertiary/aromatic N) is 4. The minimum Gasteiger partial charge on any atom is -0.339 e. The SMILES string of the molecule is Cc1ccsc1CCC(=O)Nc1ccc(Nc2ccc(-n3nc(C)c(C)c3C)nn2)cc1. The highest BCUT2D eigenvalue weighted by Gasteiger charge is 2.11. The summed E-state index contributed by atoms with van der Waals surface area (Å²) in [5, 5.41) is 21.3. The number of amides is 1. The maximum Gasteiger partial charge on any atom is 0.224 e. The number of hydrogen-bond acceptors (Lipinski definition) is 6. The number of thiophene rings is 1. The van der Waals surface area contributed by atoms with E-state index in [-0.39, 0.29) is 5.91 Å². The van der Waals surface area contributed by atoms with Gasteiger partial charge in [0.05, 0.1) is 5.69 Å². The van der Waals surface area contributed by atoms with E-state index in [4.69, 9.17) is 0 Å². The molecule has 4 aromatic rings. The quantitative estimate of drug-likeness (QED) is 0.404. The zero-order valence-corrected chi connectivity index (χ0v) is 19.5. The first-order valence-electron chi connectivity index (χ1n) is 10.5. The lowest BCUT2D eigenvalue weighted by atomic mass is 10.2. The summed E-state index contributed by atoms with van der Waals surface area (Å²) in [5.74, 6) is 1.33. The maximum absolute atomic E-state index is 12.2. The van der Waals surface area contributed by atoms with Gasteiger partial charge in [-0.15, -0.1) is 21.5 Å². The van der Waals surface area contributed by atoms with Crippen molar-refractivity contribution in [1.82, 2.24) is 20.0 Å². The molecule has 0 bridgehead atoms. The van der Waals surface area contributed by atoms with E-state index in [1.54, 1.807) is 16.0 Å². The van der Waals surface area contributed by atoms with Crippen molar-refractivity contribution in [3.05, 3.63) is 75.2 Å². The van der Waals surface area contributed by atoms with E-state index >= 15 is 0 Å². The van der Waals surface area contributed by atoms with Crippen LogP contribution in [-0.4, -0.2) is 25.9 Å². The zero-order chi connectivity index (χ0) is 22.7. The Hall–Kier alpha value is -3.52. The Labute approximate surface area is 191 Å². The largest absolute Gasteiger partial charge is 0.339 e. The van der Waals surface area contributed by atoms with Gasteiger partial charge in [-0.1, -0.05) is 0 Å². The normalized spacial score (nSPS) is 10.9. The number of rotatable bonds is 7. The molecule has 4 rings (SSSR count). The van der Waals surface area contributed by atoms with Crippen molar-refractivity contribution in [1.29, 1.82) is 0 Å². The van der Waals surface area contributed by atoms with Crippen molar-refractivity contribution < 1.29 is 4.79 Å². The van der Waals surface area contributed by atoms with Crippen molar-refractivity contribution in [2.24, 2.45) is 0 Å². The van der Waals surface area contributed by atoms with E-state index in [0.717, 1.165) is 34.7 Å². The lowest BCUT2D eigenvalue weighted by molar-refractivity contribution is -0.116. The number of benzene rings is 1. The van der Waals surface area contributed by atoms with Crippen molar-refractivity contribution in [2.45, 2.75) is 40.5 Å². The summed E-state index contributed by atoms with van der Waals surface area (Å²) in [4.78, 5) is 13.5. The van der Waals surface area contributed by atoms with Gasteiger partial charge in [0.25, 0.3) is 0 Å². The van der Waals surface area contributed by atoms with Crippen molar-refractivity contribution in [3.63, 3.8) is 0 Å². The smallest absolute Gasteiger partial charge is 0.224 e. The van der Waals surface area contributed by atoms with Gasteiger partial charge in [-0.25, -0.2) is 4.68 Å². The van der Waals surface area contributed by atoms with E-state index in [1.807, 2.05) is 57.2 Å². The first-order valence-corrected chi connectivity index (χ1v) is 11.4. The van der Waals surface area contributed by atoms with E-state index in [9.17, 15) is 4.79 Å². The summed E-state index contributed by atoms with van der Waals surface area (Å²) in [5.41, 5.74) is 6.08. The molecule has 2 N–H and O–H groups in total. The summed E-state index contributed by atoms with van der Waals surface area (Å²) < 4.78 is 1.80. The van der Waals surface area contributed by atoms with Gasteiger partial charge >= 0.3 is 0 Å². The summed E-state index contributed by atoms with van der Waals surface area (Å²) >= 11 is 1.70. The highest BCUT2D eigenvalue weighted by Crippen LogP contribution is 2.20. The Bertz CT molecular complexity index is 1220. The van der Waals surface area contributed by atoms with E-state index < -0.39 is 0 Å². The van der Waals surface area contributed by atoms with E-state index in [1.165, 1.54) is 10.4 Å². The van der Waals surface area contributed by atoms with Crippen LogP contribution in [0.15, 0.2) is 47.8 Å². The lowest BCUT2D eigenvalue weighted by Crippen LogP contribution is -2.12. The minimum absolute atomic E-state index is 0.0133. The molecule has 0 aliphatic heterocycles. The number of aromatic nitrogens is 4. The van der Waals surface area contributed by atoms with Crippen LogP contribution in [0.25, 0.3) is 5.82 Å². The predicted molar refractivity (Wildman–Crippen MR) is 129 cm³/mol. The molecule has 164 valence electrons. The van der Waals surface area contributed by atoms with Crippen LogP contribution in [0.2, 0.25) is 0 Å². The van der Waals surface area contributed by atoms with Crippen LogP contribution < -0.4 is 10.6 Å². The Kier molecular flexibility index (Phi) is 6.32. The van der Waals surface area contributed by atoms with Crippen LogP contribution in [0.3, 0.4) is 0 Å². The van der Waals surface area contributed by atoms with Gasteiger partial charge in [0.15, 0.2) is 11.6 Å². The van der Waals surface area contributed by atoms with Gasteiger partial charge < -0.3 is 10.6 Å². The molecule has 32 heavy (non-hydrogen) atoms. The standard InChI is InChI=1S/C24H26N6OS/c1-15-13-14-32-21(15)9-12-24(31)26-20-7-5-19(6-8-20)25-22-10-11-23(28-27-22)30-18(4)16(2)17(3)29-30/h5-8,10-11,13-14H,9,12H2,1-4H3,(H,25,27)(H,26,31). The van der Waals surface area contributed by atoms with Crippen molar-refractivity contribution in [2.75, 3.05) is 10.6 Å². The fourth-order valence-corrected chi connectivity index (χ4v) is 4.25. The molecule has 3 aromatic heterocycles. The van der Waals surface area contributed by atoms with Gasteiger partial charge in [0, 0.05) is 28.4 Å². The van der Waals surface area contributed by atoms with Gasteiger partial charge in [-0.2, -0.15) is 5.10 Å². The van der Waals surface area contributed by atoms with E-state index in [2.05, 4.69) is 44.3 Å². The third-order valence-corrected chi connectivity index (χ3v) is 6.59. The number of nitrogens with one attached hydrogen (secondary N) is 2. The molecule has 1 amide bonds. The summed E-state index contributed by atoms with van der Waals surface area (Å²) in [6, 6.07) is 13.4. The predicted octanol–water partition coefficient (Wildman–Crippen LogP) is 5.27. The molecule has 0 spiro atoms. The molecule has 0 fully saturated rings. The van der Waals surface area contributed by atoms with Crippen LogP contribution in [-0.2, 0) is 11.2 Å². The average Bonchev–Trinajstić information content (AvgIpc) is 3.32. The van der Waals surface area contributed by atoms with Gasteiger partial charge in [0.1, 0.15) is 0 Å². The molecule has 0 saturated heterocycles. The second-order valence-electron chi connectivity index (χ2n) is 7.76. The molecule has 0 aliphatic carbocycles. The van der Waals surface area contributed by atoms with Crippen LogP contribution in [0.5, 0.6) is 0 Å². The number of anilines is 3. The van der Waals surface area contributed by atoms with Gasteiger partial charge in [0.2, 0.25) is 5.91 Å². The summed E-state index contributed by atoms with van der Waals surface area (Å²) in [6.45, 7) is 8.13. The molecular weight excluding hydrogens is 420 g/mol. The molecule has 0 radical (unpaired) electrons. The monoisotopic (exact) mass is 446 g/mol.